The van der Waals surface area contributed by atoms with Crippen molar-refractivity contribution in [3.63, 3.8) is 0 Å². The van der Waals surface area contributed by atoms with Gasteiger partial charge >= 0.3 is 0 Å². The molecule has 0 amide bonds. The highest BCUT2D eigenvalue weighted by molar-refractivity contribution is 5.16. The van der Waals surface area contributed by atoms with Crippen molar-refractivity contribution in [1.82, 2.24) is 5.16 Å². The molecule has 1 aliphatic carbocycles. The molecule has 1 aliphatic rings. The van der Waals surface area contributed by atoms with Gasteiger partial charge in [0, 0.05) is 12.0 Å². The predicted molar refractivity (Wildman–Crippen MR) is 38.9 cm³/mol. The fourth-order valence-electron chi connectivity index (χ4n) is 1.30. The van der Waals surface area contributed by atoms with Crippen molar-refractivity contribution >= 4 is 0 Å². The van der Waals surface area contributed by atoms with E-state index in [1.165, 1.54) is 6.42 Å². The Kier molecular flexibility index (Phi) is 1.46. The zero-order chi connectivity index (χ0) is 7.84. The number of rotatable bonds is 2. The van der Waals surface area contributed by atoms with Gasteiger partial charge in [-0.15, -0.1) is 0 Å². The van der Waals surface area contributed by atoms with Crippen molar-refractivity contribution in [1.29, 1.82) is 0 Å². The van der Waals surface area contributed by atoms with E-state index in [-0.39, 0.29) is 6.61 Å². The van der Waals surface area contributed by atoms with E-state index in [9.17, 15) is 0 Å². The Balaban J connectivity index is 2.13. The summed E-state index contributed by atoms with van der Waals surface area (Å²) in [5.41, 5.74) is 0.638. The van der Waals surface area contributed by atoms with E-state index < -0.39 is 0 Å². The maximum Gasteiger partial charge on any atom is 0.140 e. The monoisotopic (exact) mass is 153 g/mol. The summed E-state index contributed by atoms with van der Waals surface area (Å²) in [7, 11) is 0. The topological polar surface area (TPSA) is 46.3 Å². The first-order valence-corrected chi connectivity index (χ1v) is 3.87. The lowest BCUT2D eigenvalue weighted by molar-refractivity contribution is 0.265. The molecule has 0 aliphatic heterocycles. The van der Waals surface area contributed by atoms with Gasteiger partial charge in [0.05, 0.1) is 6.61 Å². The molecule has 3 heteroatoms. The van der Waals surface area contributed by atoms with Crippen molar-refractivity contribution in [2.45, 2.75) is 25.9 Å². The summed E-state index contributed by atoms with van der Waals surface area (Å²) in [6.45, 7) is 2.16. The molecule has 60 valence electrons. The number of aliphatic hydroxyl groups excluding tert-OH is 1. The Labute approximate surface area is 65.0 Å². The van der Waals surface area contributed by atoms with Crippen molar-refractivity contribution < 1.29 is 9.63 Å². The van der Waals surface area contributed by atoms with E-state index in [0.29, 0.717) is 11.6 Å². The molecular weight excluding hydrogens is 142 g/mol. The highest BCUT2D eigenvalue weighted by Crippen LogP contribution is 2.46. The maximum atomic E-state index is 8.70. The lowest BCUT2D eigenvalue weighted by Crippen LogP contribution is -1.78. The smallest absolute Gasteiger partial charge is 0.140 e. The average Bonchev–Trinajstić information content (AvgIpc) is 2.59. The lowest BCUT2D eigenvalue weighted by Gasteiger charge is -1.84. The van der Waals surface area contributed by atoms with Crippen molar-refractivity contribution in [3.05, 3.63) is 17.5 Å². The van der Waals surface area contributed by atoms with Gasteiger partial charge in [0.25, 0.3) is 0 Å². The summed E-state index contributed by atoms with van der Waals surface area (Å²) in [5, 5.41) is 12.4. The van der Waals surface area contributed by atoms with Crippen LogP contribution in [0.15, 0.2) is 10.6 Å². The molecule has 3 nitrogen and oxygen atoms in total. The van der Waals surface area contributed by atoms with Crippen LogP contribution in [0.4, 0.5) is 0 Å². The van der Waals surface area contributed by atoms with Crippen LogP contribution in [0.3, 0.4) is 0 Å². The molecule has 1 fully saturated rings. The highest BCUT2D eigenvalue weighted by Gasteiger charge is 2.37. The van der Waals surface area contributed by atoms with E-state index in [2.05, 4.69) is 12.1 Å². The van der Waals surface area contributed by atoms with Gasteiger partial charge in [0.2, 0.25) is 0 Å². The van der Waals surface area contributed by atoms with E-state index in [1.807, 2.05) is 6.07 Å². The summed E-state index contributed by atoms with van der Waals surface area (Å²) in [5.74, 6) is 2.22. The number of hydrogen-bond donors (Lipinski definition) is 1. The van der Waals surface area contributed by atoms with Crippen LogP contribution in [0.25, 0.3) is 0 Å². The summed E-state index contributed by atoms with van der Waals surface area (Å²) >= 11 is 0. The van der Waals surface area contributed by atoms with Gasteiger partial charge in [-0.1, -0.05) is 12.1 Å². The number of nitrogens with zero attached hydrogens (tertiary/aromatic N) is 1. The van der Waals surface area contributed by atoms with Crippen LogP contribution >= 0.6 is 0 Å². The van der Waals surface area contributed by atoms with E-state index >= 15 is 0 Å². The molecule has 1 aromatic heterocycles. The van der Waals surface area contributed by atoms with Crippen molar-refractivity contribution in [3.8, 4) is 0 Å². The van der Waals surface area contributed by atoms with Gasteiger partial charge in [-0.25, -0.2) is 0 Å². The molecule has 2 unspecified atom stereocenters. The van der Waals surface area contributed by atoms with Gasteiger partial charge in [-0.3, -0.25) is 0 Å². The van der Waals surface area contributed by atoms with Crippen LogP contribution in [0.5, 0.6) is 0 Å². The molecule has 1 heterocycles. The number of aromatic nitrogens is 1. The summed E-state index contributed by atoms with van der Waals surface area (Å²) in [6, 6.07) is 1.84. The van der Waals surface area contributed by atoms with Crippen LogP contribution in [-0.4, -0.2) is 10.3 Å². The molecule has 11 heavy (non-hydrogen) atoms. The first-order valence-electron chi connectivity index (χ1n) is 3.87. The molecule has 1 aromatic rings. The molecule has 2 rings (SSSR count). The second kappa shape index (κ2) is 2.34. The maximum absolute atomic E-state index is 8.70. The van der Waals surface area contributed by atoms with E-state index in [4.69, 9.17) is 9.63 Å². The van der Waals surface area contributed by atoms with Crippen LogP contribution in [-0.2, 0) is 6.61 Å². The highest BCUT2D eigenvalue weighted by atomic mass is 16.5. The van der Waals surface area contributed by atoms with E-state index in [1.54, 1.807) is 0 Å². The second-order valence-corrected chi connectivity index (χ2v) is 3.20. The minimum Gasteiger partial charge on any atom is -0.390 e. The van der Waals surface area contributed by atoms with Gasteiger partial charge in [0.15, 0.2) is 0 Å². The molecule has 0 radical (unpaired) electrons. The Morgan fingerprint density at radius 2 is 2.55 bits per heavy atom. The Morgan fingerprint density at radius 3 is 3.00 bits per heavy atom. The van der Waals surface area contributed by atoms with Crippen LogP contribution in [0.2, 0.25) is 0 Å². The fraction of sp³-hybridized carbons (Fsp3) is 0.625. The fourth-order valence-corrected chi connectivity index (χ4v) is 1.30. The zero-order valence-corrected chi connectivity index (χ0v) is 6.45. The second-order valence-electron chi connectivity index (χ2n) is 3.20. The average molecular weight is 153 g/mol. The van der Waals surface area contributed by atoms with E-state index in [0.717, 1.165) is 11.7 Å². The quantitative estimate of drug-likeness (QED) is 0.696. The summed E-state index contributed by atoms with van der Waals surface area (Å²) < 4.78 is 5.04. The normalized spacial score (nSPS) is 28.9. The number of hydrogen-bond acceptors (Lipinski definition) is 3. The van der Waals surface area contributed by atoms with Crippen molar-refractivity contribution in [2.24, 2.45) is 5.92 Å². The minimum atomic E-state index is -0.0232. The molecule has 0 aromatic carbocycles. The summed E-state index contributed by atoms with van der Waals surface area (Å²) in [4.78, 5) is 0. The van der Waals surface area contributed by atoms with Crippen molar-refractivity contribution in [2.75, 3.05) is 0 Å². The summed E-state index contributed by atoms with van der Waals surface area (Å²) in [6.07, 6.45) is 1.19. The molecule has 1 saturated carbocycles. The SMILES string of the molecule is CC1CC1c1cc(CO)no1. The first-order chi connectivity index (χ1) is 5.31. The molecular formula is C8H11NO2. The molecule has 1 N–H and O–H groups in total. The van der Waals surface area contributed by atoms with Gasteiger partial charge < -0.3 is 9.63 Å². The Bertz CT molecular complexity index is 256. The zero-order valence-electron chi connectivity index (χ0n) is 6.45. The minimum absolute atomic E-state index is 0.0232. The molecule has 0 saturated heterocycles. The first kappa shape index (κ1) is 6.85. The van der Waals surface area contributed by atoms with Gasteiger partial charge in [0.1, 0.15) is 11.5 Å². The van der Waals surface area contributed by atoms with Crippen LogP contribution in [0, 0.1) is 5.92 Å². The Morgan fingerprint density at radius 1 is 1.82 bits per heavy atom. The molecule has 0 bridgehead atoms. The lowest BCUT2D eigenvalue weighted by atomic mass is 10.2. The molecule has 2 atom stereocenters. The van der Waals surface area contributed by atoms with Gasteiger partial charge in [-0.05, 0) is 12.3 Å². The third-order valence-corrected chi connectivity index (χ3v) is 2.21. The molecule has 0 spiro atoms. The third kappa shape index (κ3) is 1.16. The van der Waals surface area contributed by atoms with Crippen LogP contribution in [0.1, 0.15) is 30.7 Å². The Hall–Kier alpha value is -0.830. The third-order valence-electron chi connectivity index (χ3n) is 2.21. The predicted octanol–water partition coefficient (Wildman–Crippen LogP) is 1.29. The number of aliphatic hydroxyl groups is 1. The standard InChI is InChI=1S/C8H11NO2/c1-5-2-7(5)8-3-6(4-10)9-11-8/h3,5,7,10H,2,4H2,1H3. The largest absolute Gasteiger partial charge is 0.390 e. The van der Waals surface area contributed by atoms with Gasteiger partial charge in [-0.2, -0.15) is 0 Å². The van der Waals surface area contributed by atoms with Crippen LogP contribution < -0.4 is 0 Å².